The summed E-state index contributed by atoms with van der Waals surface area (Å²) in [4.78, 5) is 0. The molecule has 20 heavy (non-hydrogen) atoms. The van der Waals surface area contributed by atoms with Crippen LogP contribution in [0.2, 0.25) is 0 Å². The van der Waals surface area contributed by atoms with Crippen LogP contribution in [-0.4, -0.2) is 45.8 Å². The number of fused-ring (bicyclic) bond motifs is 2. The molecule has 0 aromatic heterocycles. The molecule has 4 nitrogen and oxygen atoms in total. The van der Waals surface area contributed by atoms with Crippen LogP contribution in [0.4, 0.5) is 0 Å². The van der Waals surface area contributed by atoms with Crippen LogP contribution in [0.5, 0.6) is 0 Å². The molecule has 0 radical (unpaired) electrons. The van der Waals surface area contributed by atoms with Crippen molar-refractivity contribution in [2.75, 3.05) is 13.2 Å². The van der Waals surface area contributed by atoms with E-state index in [0.29, 0.717) is 23.7 Å². The van der Waals surface area contributed by atoms with E-state index in [1.54, 1.807) is 0 Å². The van der Waals surface area contributed by atoms with E-state index >= 15 is 0 Å². The van der Waals surface area contributed by atoms with E-state index in [4.69, 9.17) is 0 Å². The van der Waals surface area contributed by atoms with E-state index in [-0.39, 0.29) is 25.0 Å². The van der Waals surface area contributed by atoms with Gasteiger partial charge in [-0.25, -0.2) is 0 Å². The third-order valence-electron chi connectivity index (χ3n) is 6.42. The second kappa shape index (κ2) is 5.91. The Bertz CT molecular complexity index is 302. The predicted molar refractivity (Wildman–Crippen MR) is 74.8 cm³/mol. The third-order valence-corrected chi connectivity index (χ3v) is 6.42. The normalized spacial score (nSPS) is 52.2. The van der Waals surface area contributed by atoms with Gasteiger partial charge in [0.05, 0.1) is 12.2 Å². The van der Waals surface area contributed by atoms with Crippen molar-refractivity contribution in [1.29, 1.82) is 0 Å². The summed E-state index contributed by atoms with van der Waals surface area (Å²) in [7, 11) is 0. The molecular weight excluding hydrogens is 256 g/mol. The minimum absolute atomic E-state index is 0.184. The molecule has 0 bridgehead atoms. The molecule has 3 rings (SSSR count). The number of hydrogen-bond acceptors (Lipinski definition) is 4. The molecule has 0 spiro atoms. The zero-order chi connectivity index (χ0) is 14.3. The van der Waals surface area contributed by atoms with E-state index in [2.05, 4.69) is 0 Å². The molecule has 0 aromatic rings. The summed E-state index contributed by atoms with van der Waals surface area (Å²) >= 11 is 0. The van der Waals surface area contributed by atoms with Gasteiger partial charge in [0, 0.05) is 13.2 Å². The zero-order valence-electron chi connectivity index (χ0n) is 12.1. The summed E-state index contributed by atoms with van der Waals surface area (Å²) in [5, 5.41) is 38.8. The van der Waals surface area contributed by atoms with Gasteiger partial charge in [0.1, 0.15) is 0 Å². The molecule has 3 aliphatic rings. The minimum Gasteiger partial charge on any atom is -0.396 e. The molecule has 0 aromatic carbocycles. The maximum Gasteiger partial charge on any atom is 0.0802 e. The molecule has 4 heteroatoms. The lowest BCUT2D eigenvalue weighted by molar-refractivity contribution is -0.0871. The number of hydrogen-bond donors (Lipinski definition) is 4. The largest absolute Gasteiger partial charge is 0.396 e. The van der Waals surface area contributed by atoms with E-state index in [9.17, 15) is 20.4 Å². The Balaban J connectivity index is 1.68. The van der Waals surface area contributed by atoms with Gasteiger partial charge < -0.3 is 20.4 Å². The van der Waals surface area contributed by atoms with Crippen LogP contribution in [0.1, 0.15) is 38.5 Å². The Labute approximate surface area is 120 Å². The van der Waals surface area contributed by atoms with Crippen LogP contribution in [0.15, 0.2) is 0 Å². The molecule has 3 fully saturated rings. The van der Waals surface area contributed by atoms with E-state index in [1.165, 1.54) is 0 Å². The van der Waals surface area contributed by atoms with Gasteiger partial charge in [-0.1, -0.05) is 0 Å². The zero-order valence-corrected chi connectivity index (χ0v) is 12.1. The lowest BCUT2D eigenvalue weighted by atomic mass is 9.56. The molecule has 8 atom stereocenters. The number of aliphatic hydroxyl groups excluding tert-OH is 4. The second-order valence-corrected chi connectivity index (χ2v) is 7.47. The Kier molecular flexibility index (Phi) is 4.37. The van der Waals surface area contributed by atoms with Gasteiger partial charge in [0.2, 0.25) is 0 Å². The first kappa shape index (κ1) is 14.8. The summed E-state index contributed by atoms with van der Waals surface area (Å²) < 4.78 is 0. The Morgan fingerprint density at radius 1 is 0.550 bits per heavy atom. The predicted octanol–water partition coefficient (Wildman–Crippen LogP) is 0.771. The van der Waals surface area contributed by atoms with Gasteiger partial charge in [-0.05, 0) is 74.0 Å². The number of aliphatic hydroxyl groups is 4. The highest BCUT2D eigenvalue weighted by Gasteiger charge is 2.46. The topological polar surface area (TPSA) is 80.9 Å². The SMILES string of the molecule is OC[C@H]1C[C@H]2C[C@@H]3C[C@H](O)[C@@H](O)C[C@@H]3C[C@H]2C[C@@H]1CO. The molecule has 3 saturated carbocycles. The van der Waals surface area contributed by atoms with Crippen molar-refractivity contribution in [3.05, 3.63) is 0 Å². The Hall–Kier alpha value is -0.160. The first-order chi connectivity index (χ1) is 9.62. The van der Waals surface area contributed by atoms with Crippen LogP contribution in [-0.2, 0) is 0 Å². The van der Waals surface area contributed by atoms with Crippen LogP contribution in [0.25, 0.3) is 0 Å². The van der Waals surface area contributed by atoms with Gasteiger partial charge in [-0.2, -0.15) is 0 Å². The lowest BCUT2D eigenvalue weighted by Gasteiger charge is -2.50. The highest BCUT2D eigenvalue weighted by Crippen LogP contribution is 2.52. The Morgan fingerprint density at radius 2 is 0.900 bits per heavy atom. The van der Waals surface area contributed by atoms with Gasteiger partial charge in [-0.15, -0.1) is 0 Å². The molecule has 0 unspecified atom stereocenters. The molecular formula is C16H28O4. The standard InChI is InChI=1S/C16H28O4/c17-7-13-3-9-1-11-5-15(19)16(20)6-12(11)2-10(9)4-14(13)8-18/h9-20H,1-8H2/t9-,10+,11-,12+,13-,14-,15+,16+/m1/s1. The molecule has 3 aliphatic carbocycles. The monoisotopic (exact) mass is 284 g/mol. The fourth-order valence-corrected chi connectivity index (χ4v) is 5.25. The third kappa shape index (κ3) is 2.63. The van der Waals surface area contributed by atoms with E-state index in [0.717, 1.165) is 38.5 Å². The van der Waals surface area contributed by atoms with Crippen LogP contribution in [0.3, 0.4) is 0 Å². The molecule has 4 N–H and O–H groups in total. The van der Waals surface area contributed by atoms with Gasteiger partial charge in [-0.3, -0.25) is 0 Å². The van der Waals surface area contributed by atoms with Crippen LogP contribution >= 0.6 is 0 Å². The fraction of sp³-hybridized carbons (Fsp3) is 1.00. The van der Waals surface area contributed by atoms with Crippen molar-refractivity contribution in [2.24, 2.45) is 35.5 Å². The van der Waals surface area contributed by atoms with E-state index < -0.39 is 12.2 Å². The molecule has 0 heterocycles. The molecule has 0 amide bonds. The minimum atomic E-state index is -0.546. The van der Waals surface area contributed by atoms with Crippen molar-refractivity contribution in [1.82, 2.24) is 0 Å². The summed E-state index contributed by atoms with van der Waals surface area (Å²) in [5.41, 5.74) is 0. The van der Waals surface area contributed by atoms with Crippen molar-refractivity contribution in [2.45, 2.75) is 50.7 Å². The first-order valence-corrected chi connectivity index (χ1v) is 8.20. The average Bonchev–Trinajstić information content (AvgIpc) is 2.45. The summed E-state index contributed by atoms with van der Waals surface area (Å²) in [6, 6.07) is 0. The van der Waals surface area contributed by atoms with Crippen LogP contribution < -0.4 is 0 Å². The molecule has 116 valence electrons. The first-order valence-electron chi connectivity index (χ1n) is 8.20. The van der Waals surface area contributed by atoms with Crippen molar-refractivity contribution >= 4 is 0 Å². The molecule has 0 aliphatic heterocycles. The smallest absolute Gasteiger partial charge is 0.0802 e. The van der Waals surface area contributed by atoms with E-state index in [1.807, 2.05) is 0 Å². The fourth-order valence-electron chi connectivity index (χ4n) is 5.25. The van der Waals surface area contributed by atoms with Crippen molar-refractivity contribution < 1.29 is 20.4 Å². The maximum atomic E-state index is 9.87. The average molecular weight is 284 g/mol. The highest BCUT2D eigenvalue weighted by atomic mass is 16.3. The summed E-state index contributed by atoms with van der Waals surface area (Å²) in [5.74, 6) is 2.85. The lowest BCUT2D eigenvalue weighted by Crippen LogP contribution is -2.46. The molecule has 0 saturated heterocycles. The summed E-state index contributed by atoms with van der Waals surface area (Å²) in [6.07, 6.45) is 4.69. The van der Waals surface area contributed by atoms with Gasteiger partial charge >= 0.3 is 0 Å². The summed E-state index contributed by atoms with van der Waals surface area (Å²) in [6.45, 7) is 0.369. The van der Waals surface area contributed by atoms with Crippen molar-refractivity contribution in [3.8, 4) is 0 Å². The van der Waals surface area contributed by atoms with Gasteiger partial charge in [0.25, 0.3) is 0 Å². The maximum absolute atomic E-state index is 9.87. The van der Waals surface area contributed by atoms with Crippen molar-refractivity contribution in [3.63, 3.8) is 0 Å². The van der Waals surface area contributed by atoms with Gasteiger partial charge in [0.15, 0.2) is 0 Å². The quantitative estimate of drug-likeness (QED) is 0.604. The highest BCUT2D eigenvalue weighted by molar-refractivity contribution is 4.96. The second-order valence-electron chi connectivity index (χ2n) is 7.47. The number of rotatable bonds is 2. The van der Waals surface area contributed by atoms with Crippen LogP contribution in [0, 0.1) is 35.5 Å². The Morgan fingerprint density at radius 3 is 1.25 bits per heavy atom.